The highest BCUT2D eigenvalue weighted by atomic mass is 32.1. The molecule has 3 aromatic heterocycles. The molecule has 0 aromatic carbocycles. The summed E-state index contributed by atoms with van der Waals surface area (Å²) in [6, 6.07) is 5.85. The van der Waals surface area contributed by atoms with Gasteiger partial charge in [0.15, 0.2) is 5.96 Å². The van der Waals surface area contributed by atoms with Crippen LogP contribution in [-0.4, -0.2) is 46.5 Å². The summed E-state index contributed by atoms with van der Waals surface area (Å²) in [5.41, 5.74) is 2.64. The molecule has 3 rings (SSSR count). The van der Waals surface area contributed by atoms with E-state index in [4.69, 9.17) is 4.74 Å². The van der Waals surface area contributed by atoms with Gasteiger partial charge in [-0.25, -0.2) is 14.8 Å². The molecule has 0 radical (unpaired) electrons. The van der Waals surface area contributed by atoms with E-state index in [2.05, 4.69) is 25.6 Å². The summed E-state index contributed by atoms with van der Waals surface area (Å²) < 4.78 is 7.10. The predicted molar refractivity (Wildman–Crippen MR) is 115 cm³/mol. The van der Waals surface area contributed by atoms with Gasteiger partial charge in [-0.2, -0.15) is 0 Å². The molecule has 3 heterocycles. The van der Waals surface area contributed by atoms with Crippen molar-refractivity contribution in [1.82, 2.24) is 25.0 Å². The lowest BCUT2D eigenvalue weighted by Gasteiger charge is -2.15. The van der Waals surface area contributed by atoms with E-state index in [1.54, 1.807) is 14.0 Å². The molecule has 0 saturated carbocycles. The molecule has 154 valence electrons. The summed E-state index contributed by atoms with van der Waals surface area (Å²) in [6.07, 6.45) is 4.80. The predicted octanol–water partition coefficient (Wildman–Crippen LogP) is 2.74. The lowest BCUT2D eigenvalue weighted by atomic mass is 10.3. The van der Waals surface area contributed by atoms with Crippen LogP contribution in [0.25, 0.3) is 5.65 Å². The molecule has 3 aromatic rings. The number of ether oxygens (including phenoxy) is 1. The van der Waals surface area contributed by atoms with Crippen LogP contribution in [0.5, 0.6) is 0 Å². The molecule has 0 amide bonds. The molecule has 0 aliphatic carbocycles. The smallest absolute Gasteiger partial charge is 0.350 e. The van der Waals surface area contributed by atoms with Crippen LogP contribution in [0.2, 0.25) is 0 Å². The quantitative estimate of drug-likeness (QED) is 0.351. The lowest BCUT2D eigenvalue weighted by Crippen LogP contribution is -2.39. The molecular formula is C20H26N6O2S. The number of pyridine rings is 1. The second-order valence-corrected chi connectivity index (χ2v) is 7.53. The Morgan fingerprint density at radius 2 is 2.21 bits per heavy atom. The Kier molecular flexibility index (Phi) is 6.82. The number of carbonyl (C=O) groups excluding carboxylic acids is 1. The maximum atomic E-state index is 12.0. The maximum absolute atomic E-state index is 12.0. The van der Waals surface area contributed by atoms with Gasteiger partial charge >= 0.3 is 5.97 Å². The van der Waals surface area contributed by atoms with E-state index in [1.165, 1.54) is 11.3 Å². The first-order chi connectivity index (χ1) is 14.0. The van der Waals surface area contributed by atoms with Gasteiger partial charge in [0, 0.05) is 32.4 Å². The Morgan fingerprint density at radius 3 is 2.93 bits per heavy atom. The second kappa shape index (κ2) is 9.51. The monoisotopic (exact) mass is 414 g/mol. The summed E-state index contributed by atoms with van der Waals surface area (Å²) in [6.45, 7) is 6.65. The number of thiazole rings is 1. The molecule has 0 fully saturated rings. The molecule has 9 heteroatoms. The maximum Gasteiger partial charge on any atom is 0.350 e. The highest BCUT2D eigenvalue weighted by Gasteiger charge is 2.20. The molecule has 8 nitrogen and oxygen atoms in total. The average molecular weight is 415 g/mol. The van der Waals surface area contributed by atoms with Crippen LogP contribution in [0, 0.1) is 6.92 Å². The Hall–Kier alpha value is -2.94. The van der Waals surface area contributed by atoms with Gasteiger partial charge in [0.25, 0.3) is 0 Å². The zero-order valence-electron chi connectivity index (χ0n) is 17.1. The summed E-state index contributed by atoms with van der Waals surface area (Å²) in [5, 5.41) is 7.43. The van der Waals surface area contributed by atoms with E-state index in [-0.39, 0.29) is 12.0 Å². The Morgan fingerprint density at radius 1 is 1.38 bits per heavy atom. The van der Waals surface area contributed by atoms with Crippen molar-refractivity contribution < 1.29 is 9.53 Å². The van der Waals surface area contributed by atoms with Gasteiger partial charge in [0.05, 0.1) is 24.0 Å². The van der Waals surface area contributed by atoms with Gasteiger partial charge in [-0.05, 0) is 32.9 Å². The number of hydrogen-bond donors (Lipinski definition) is 2. The van der Waals surface area contributed by atoms with Crippen molar-refractivity contribution in [2.75, 3.05) is 20.2 Å². The number of imidazole rings is 1. The number of nitrogens with one attached hydrogen (secondary N) is 2. The number of nitrogens with zero attached hydrogens (tertiary/aromatic N) is 4. The molecule has 0 aliphatic heterocycles. The molecule has 0 aliphatic rings. The summed E-state index contributed by atoms with van der Waals surface area (Å²) >= 11 is 1.35. The third kappa shape index (κ3) is 5.11. The number of hydrogen-bond acceptors (Lipinski definition) is 6. The summed E-state index contributed by atoms with van der Waals surface area (Å²) in [4.78, 5) is 25.9. The fourth-order valence-corrected chi connectivity index (χ4v) is 3.83. The molecule has 29 heavy (non-hydrogen) atoms. The molecule has 1 atom stereocenters. The third-order valence-electron chi connectivity index (χ3n) is 4.31. The molecule has 0 saturated heterocycles. The van der Waals surface area contributed by atoms with Gasteiger partial charge in [0.1, 0.15) is 15.5 Å². The van der Waals surface area contributed by atoms with E-state index < -0.39 is 0 Å². The third-order valence-corrected chi connectivity index (χ3v) is 5.63. The van der Waals surface area contributed by atoms with Crippen LogP contribution in [0.3, 0.4) is 0 Å². The fourth-order valence-electron chi connectivity index (χ4n) is 2.87. The zero-order valence-corrected chi connectivity index (χ0v) is 17.9. The first-order valence-corrected chi connectivity index (χ1v) is 10.4. The Balaban J connectivity index is 1.55. The first-order valence-electron chi connectivity index (χ1n) is 9.56. The number of guanidine groups is 1. The van der Waals surface area contributed by atoms with Crippen molar-refractivity contribution in [3.63, 3.8) is 0 Å². The molecule has 0 spiro atoms. The topological polar surface area (TPSA) is 92.9 Å². The zero-order chi connectivity index (χ0) is 20.8. The largest absolute Gasteiger partial charge is 0.462 e. The SMILES string of the molecule is CCOC(=O)c1sc(C(C)NC(=NC)NCCc2cn3ccccc3n2)nc1C. The summed E-state index contributed by atoms with van der Waals surface area (Å²) in [7, 11) is 1.73. The van der Waals surface area contributed by atoms with Crippen LogP contribution < -0.4 is 10.6 Å². The number of carbonyl (C=O) groups is 1. The van der Waals surface area contributed by atoms with E-state index in [9.17, 15) is 4.79 Å². The lowest BCUT2D eigenvalue weighted by molar-refractivity contribution is 0.0531. The molecule has 2 N–H and O–H groups in total. The number of aryl methyl sites for hydroxylation is 1. The normalized spacial score (nSPS) is 12.8. The number of esters is 1. The van der Waals surface area contributed by atoms with E-state index >= 15 is 0 Å². The number of aliphatic imine (C=N–C) groups is 1. The van der Waals surface area contributed by atoms with Gasteiger partial charge in [0.2, 0.25) is 0 Å². The van der Waals surface area contributed by atoms with Crippen molar-refractivity contribution in [1.29, 1.82) is 0 Å². The van der Waals surface area contributed by atoms with Crippen LogP contribution in [0.15, 0.2) is 35.6 Å². The second-order valence-electron chi connectivity index (χ2n) is 6.50. The minimum Gasteiger partial charge on any atom is -0.462 e. The van der Waals surface area contributed by atoms with Crippen LogP contribution in [0.1, 0.15) is 46.0 Å². The fraction of sp³-hybridized carbons (Fsp3) is 0.400. The van der Waals surface area contributed by atoms with Crippen molar-refractivity contribution >= 4 is 28.9 Å². The van der Waals surface area contributed by atoms with Crippen molar-refractivity contribution in [2.24, 2.45) is 4.99 Å². The van der Waals surface area contributed by atoms with Gasteiger partial charge in [-0.15, -0.1) is 11.3 Å². The Labute approximate surface area is 174 Å². The number of fused-ring (bicyclic) bond motifs is 1. The molecular weight excluding hydrogens is 388 g/mol. The Bertz CT molecular complexity index is 976. The highest BCUT2D eigenvalue weighted by Crippen LogP contribution is 2.24. The van der Waals surface area contributed by atoms with Gasteiger partial charge < -0.3 is 19.8 Å². The van der Waals surface area contributed by atoms with E-state index in [0.717, 1.165) is 22.8 Å². The number of rotatable bonds is 7. The van der Waals surface area contributed by atoms with Crippen molar-refractivity contribution in [2.45, 2.75) is 33.2 Å². The first kappa shape index (κ1) is 20.8. The van der Waals surface area contributed by atoms with Crippen molar-refractivity contribution in [3.8, 4) is 0 Å². The van der Waals surface area contributed by atoms with Crippen LogP contribution >= 0.6 is 11.3 Å². The minimum absolute atomic E-state index is 0.0942. The molecule has 1 unspecified atom stereocenters. The van der Waals surface area contributed by atoms with Crippen molar-refractivity contribution in [3.05, 3.63) is 51.9 Å². The van der Waals surface area contributed by atoms with E-state index in [1.807, 2.05) is 48.8 Å². The number of aromatic nitrogens is 3. The minimum atomic E-state index is -0.323. The van der Waals surface area contributed by atoms with Crippen LogP contribution in [0.4, 0.5) is 0 Å². The molecule has 0 bridgehead atoms. The average Bonchev–Trinajstić information content (AvgIpc) is 3.30. The van der Waals surface area contributed by atoms with E-state index in [0.29, 0.717) is 29.7 Å². The highest BCUT2D eigenvalue weighted by molar-refractivity contribution is 7.13. The standard InChI is InChI=1S/C20H26N6O2S/c1-5-28-19(27)17-13(2)23-18(29-17)14(3)24-20(21-4)22-10-9-15-12-26-11-7-6-8-16(26)25-15/h6-8,11-12,14H,5,9-10H2,1-4H3,(H2,21,22,24). The van der Waals surface area contributed by atoms with Gasteiger partial charge in [-0.1, -0.05) is 6.07 Å². The van der Waals surface area contributed by atoms with Crippen LogP contribution in [-0.2, 0) is 11.2 Å². The summed E-state index contributed by atoms with van der Waals surface area (Å²) in [5.74, 6) is 0.350. The van der Waals surface area contributed by atoms with Gasteiger partial charge in [-0.3, -0.25) is 4.99 Å².